The maximum Gasteiger partial charge on any atom is 0.270 e. The molecule has 86 valence electrons. The summed E-state index contributed by atoms with van der Waals surface area (Å²) in [6.45, 7) is 0. The molecule has 0 amide bonds. The van der Waals surface area contributed by atoms with Crippen molar-refractivity contribution in [2.75, 3.05) is 11.5 Å². The van der Waals surface area contributed by atoms with Gasteiger partial charge in [-0.1, -0.05) is 21.6 Å². The lowest BCUT2D eigenvalue weighted by Gasteiger charge is -2.07. The third-order valence-electron chi connectivity index (χ3n) is 1.08. The SMILES string of the molecule is FC(F)C(F)CSSCC(F)C(F)F. The summed E-state index contributed by atoms with van der Waals surface area (Å²) in [5, 5.41) is 0. The van der Waals surface area contributed by atoms with Crippen LogP contribution in [0.15, 0.2) is 0 Å². The molecule has 0 N–H and O–H groups in total. The molecule has 0 aliphatic rings. The Balaban J connectivity index is 3.38. The van der Waals surface area contributed by atoms with Crippen LogP contribution in [0.25, 0.3) is 0 Å². The summed E-state index contributed by atoms with van der Waals surface area (Å²) >= 11 is 0. The van der Waals surface area contributed by atoms with Crippen LogP contribution in [0.5, 0.6) is 0 Å². The quantitative estimate of drug-likeness (QED) is 0.389. The first-order valence-corrected chi connectivity index (χ1v) is 6.02. The summed E-state index contributed by atoms with van der Waals surface area (Å²) in [6.07, 6.45) is -10.8. The number of alkyl halides is 6. The van der Waals surface area contributed by atoms with Gasteiger partial charge in [0.15, 0.2) is 12.3 Å². The molecule has 0 aliphatic carbocycles. The van der Waals surface area contributed by atoms with Gasteiger partial charge < -0.3 is 0 Å². The molecule has 2 unspecified atom stereocenters. The van der Waals surface area contributed by atoms with Crippen LogP contribution in [0.4, 0.5) is 26.3 Å². The van der Waals surface area contributed by atoms with Crippen LogP contribution in [0.2, 0.25) is 0 Å². The van der Waals surface area contributed by atoms with Crippen molar-refractivity contribution in [1.82, 2.24) is 0 Å². The molecule has 0 rings (SSSR count). The highest BCUT2D eigenvalue weighted by molar-refractivity contribution is 8.76. The molecule has 0 aromatic rings. The van der Waals surface area contributed by atoms with Crippen LogP contribution >= 0.6 is 21.6 Å². The Morgan fingerprint density at radius 1 is 0.643 bits per heavy atom. The first-order valence-electron chi connectivity index (χ1n) is 3.54. The van der Waals surface area contributed by atoms with Crippen LogP contribution in [0.3, 0.4) is 0 Å². The fourth-order valence-corrected chi connectivity index (χ4v) is 2.47. The van der Waals surface area contributed by atoms with Crippen molar-refractivity contribution >= 4 is 21.6 Å². The third-order valence-corrected chi connectivity index (χ3v) is 3.48. The fraction of sp³-hybridized carbons (Fsp3) is 1.00. The minimum Gasteiger partial charge on any atom is -0.240 e. The van der Waals surface area contributed by atoms with Crippen LogP contribution in [0, 0.1) is 0 Å². The monoisotopic (exact) mass is 258 g/mol. The molecule has 0 aromatic carbocycles. The van der Waals surface area contributed by atoms with E-state index in [1.807, 2.05) is 0 Å². The van der Waals surface area contributed by atoms with Crippen LogP contribution in [-0.4, -0.2) is 36.7 Å². The Morgan fingerprint density at radius 3 is 1.14 bits per heavy atom. The summed E-state index contributed by atoms with van der Waals surface area (Å²) in [5.41, 5.74) is 0. The number of hydrogen-bond donors (Lipinski definition) is 0. The molecule has 0 nitrogen and oxygen atoms in total. The molecule has 0 heterocycles. The molecule has 8 heteroatoms. The molecule has 0 fully saturated rings. The van der Waals surface area contributed by atoms with E-state index in [2.05, 4.69) is 0 Å². The van der Waals surface area contributed by atoms with Gasteiger partial charge in [0.25, 0.3) is 12.9 Å². The van der Waals surface area contributed by atoms with E-state index in [0.29, 0.717) is 21.6 Å². The van der Waals surface area contributed by atoms with Crippen molar-refractivity contribution in [3.8, 4) is 0 Å². The predicted octanol–water partition coefficient (Wildman–Crippen LogP) is 3.57. The zero-order valence-corrected chi connectivity index (χ0v) is 8.44. The maximum atomic E-state index is 12.2. The van der Waals surface area contributed by atoms with Crippen molar-refractivity contribution in [3.05, 3.63) is 0 Å². The van der Waals surface area contributed by atoms with Gasteiger partial charge in [0.05, 0.1) is 0 Å². The van der Waals surface area contributed by atoms with Gasteiger partial charge in [-0.05, 0) is 0 Å². The Kier molecular flexibility index (Phi) is 7.71. The molecule has 2 atom stereocenters. The van der Waals surface area contributed by atoms with E-state index in [9.17, 15) is 26.3 Å². The minimum atomic E-state index is -3.08. The van der Waals surface area contributed by atoms with Crippen LogP contribution in [-0.2, 0) is 0 Å². The van der Waals surface area contributed by atoms with Gasteiger partial charge >= 0.3 is 0 Å². The topological polar surface area (TPSA) is 0 Å². The van der Waals surface area contributed by atoms with Gasteiger partial charge in [-0.3, -0.25) is 0 Å². The first kappa shape index (κ1) is 14.3. The zero-order valence-electron chi connectivity index (χ0n) is 6.81. The molecule has 0 bridgehead atoms. The largest absolute Gasteiger partial charge is 0.270 e. The zero-order chi connectivity index (χ0) is 11.1. The number of hydrogen-bond acceptors (Lipinski definition) is 2. The smallest absolute Gasteiger partial charge is 0.240 e. The average molecular weight is 258 g/mol. The number of halogens is 6. The van der Waals surface area contributed by atoms with Gasteiger partial charge in [0.1, 0.15) is 0 Å². The second-order valence-electron chi connectivity index (χ2n) is 2.27. The van der Waals surface area contributed by atoms with E-state index in [1.165, 1.54) is 0 Å². The summed E-state index contributed by atoms with van der Waals surface area (Å²) in [4.78, 5) is 0. The lowest BCUT2D eigenvalue weighted by Crippen LogP contribution is -2.16. The second kappa shape index (κ2) is 7.56. The minimum absolute atomic E-state index is 0.529. The van der Waals surface area contributed by atoms with E-state index < -0.39 is 36.7 Å². The molecule has 0 saturated carbocycles. The Morgan fingerprint density at radius 2 is 0.929 bits per heavy atom. The maximum absolute atomic E-state index is 12.2. The van der Waals surface area contributed by atoms with E-state index in [0.717, 1.165) is 0 Å². The third kappa shape index (κ3) is 6.69. The van der Waals surface area contributed by atoms with E-state index in [4.69, 9.17) is 0 Å². The van der Waals surface area contributed by atoms with Gasteiger partial charge in [-0.25, -0.2) is 26.3 Å². The number of rotatable bonds is 7. The van der Waals surface area contributed by atoms with Gasteiger partial charge in [0, 0.05) is 11.5 Å². The molecule has 0 spiro atoms. The van der Waals surface area contributed by atoms with Crippen molar-refractivity contribution in [2.24, 2.45) is 0 Å². The van der Waals surface area contributed by atoms with Crippen molar-refractivity contribution < 1.29 is 26.3 Å². The van der Waals surface area contributed by atoms with E-state index >= 15 is 0 Å². The van der Waals surface area contributed by atoms with Gasteiger partial charge in [0.2, 0.25) is 0 Å². The standard InChI is InChI=1S/C6H8F6S2/c7-3(5(9)10)1-13-14-2-4(8)6(11)12/h3-6H,1-2H2. The summed E-state index contributed by atoms with van der Waals surface area (Å²) in [7, 11) is 1.25. The summed E-state index contributed by atoms with van der Waals surface area (Å²) in [5.74, 6) is -1.06. The van der Waals surface area contributed by atoms with Crippen molar-refractivity contribution in [3.63, 3.8) is 0 Å². The fourth-order valence-electron chi connectivity index (χ4n) is 0.372. The molecule has 0 saturated heterocycles. The highest BCUT2D eigenvalue weighted by atomic mass is 33.1. The van der Waals surface area contributed by atoms with E-state index in [-0.39, 0.29) is 0 Å². The van der Waals surface area contributed by atoms with Gasteiger partial charge in [-0.2, -0.15) is 0 Å². The lowest BCUT2D eigenvalue weighted by atomic mass is 10.5. The van der Waals surface area contributed by atoms with Crippen LogP contribution in [0.1, 0.15) is 0 Å². The van der Waals surface area contributed by atoms with Crippen molar-refractivity contribution in [2.45, 2.75) is 25.2 Å². The predicted molar refractivity (Wildman–Crippen MR) is 46.7 cm³/mol. The molecular formula is C6H8F6S2. The summed E-state index contributed by atoms with van der Waals surface area (Å²) < 4.78 is 70.6. The van der Waals surface area contributed by atoms with Crippen molar-refractivity contribution in [1.29, 1.82) is 0 Å². The molecule has 0 aromatic heterocycles. The van der Waals surface area contributed by atoms with Gasteiger partial charge in [-0.15, -0.1) is 0 Å². The van der Waals surface area contributed by atoms with Crippen LogP contribution < -0.4 is 0 Å². The summed E-state index contributed by atoms with van der Waals surface area (Å²) in [6, 6.07) is 0. The Bertz CT molecular complexity index is 128. The molecular weight excluding hydrogens is 250 g/mol. The van der Waals surface area contributed by atoms with E-state index in [1.54, 1.807) is 0 Å². The highest BCUT2D eigenvalue weighted by Crippen LogP contribution is 2.27. The Labute approximate surface area is 85.2 Å². The molecule has 0 radical (unpaired) electrons. The molecule has 14 heavy (non-hydrogen) atoms. The average Bonchev–Trinajstić information content (AvgIpc) is 2.11. The Hall–Kier alpha value is 0.280. The second-order valence-corrected chi connectivity index (χ2v) is 4.82. The highest BCUT2D eigenvalue weighted by Gasteiger charge is 2.21. The normalized spacial score (nSPS) is 16.3. The lowest BCUT2D eigenvalue weighted by molar-refractivity contribution is 0.0624. The first-order chi connectivity index (χ1) is 6.45. The molecule has 0 aliphatic heterocycles.